The van der Waals surface area contributed by atoms with Crippen LogP contribution in [0.2, 0.25) is 0 Å². The van der Waals surface area contributed by atoms with Crippen molar-refractivity contribution >= 4 is 11.9 Å². The summed E-state index contributed by atoms with van der Waals surface area (Å²) < 4.78 is 0. The first-order valence-electron chi connectivity index (χ1n) is 6.31. The van der Waals surface area contributed by atoms with Gasteiger partial charge < -0.3 is 31.6 Å². The number of carbonyl (C=O) groups is 2. The second-order valence-corrected chi connectivity index (χ2v) is 4.45. The molecule has 0 saturated carbocycles. The standard InChI is InChI=1S/2C6H9N3O2.Cd/c2*7-5(6(10)11)1-4-2-8-3-9-4;/h2*2-3,5H,1,7H2,(H,8,9)(H,10,11);/t2*5-;/m11./s1. The zero-order valence-corrected chi connectivity index (χ0v) is 16.4. The Hall–Kier alpha value is -1.80. The zero-order chi connectivity index (χ0) is 16.5. The van der Waals surface area contributed by atoms with Crippen LogP contribution in [-0.4, -0.2) is 54.2 Å². The fourth-order valence-electron chi connectivity index (χ4n) is 1.44. The summed E-state index contributed by atoms with van der Waals surface area (Å²) >= 11 is 0. The predicted molar refractivity (Wildman–Crippen MR) is 75.8 cm³/mol. The maximum absolute atomic E-state index is 10.3. The molecule has 11 heteroatoms. The molecule has 10 nitrogen and oxygen atoms in total. The van der Waals surface area contributed by atoms with Gasteiger partial charge in [0.15, 0.2) is 0 Å². The molecule has 0 bridgehead atoms. The van der Waals surface area contributed by atoms with Crippen LogP contribution in [0.4, 0.5) is 0 Å². The van der Waals surface area contributed by atoms with Crippen LogP contribution in [0.5, 0.6) is 0 Å². The third kappa shape index (κ3) is 8.42. The molecule has 0 aliphatic heterocycles. The molecule has 0 aromatic carbocycles. The Kier molecular flexibility index (Phi) is 10.0. The van der Waals surface area contributed by atoms with Gasteiger partial charge in [-0.15, -0.1) is 0 Å². The minimum absolute atomic E-state index is 0. The van der Waals surface area contributed by atoms with E-state index < -0.39 is 24.0 Å². The van der Waals surface area contributed by atoms with E-state index in [0.29, 0.717) is 0 Å². The van der Waals surface area contributed by atoms with Gasteiger partial charge in [0.1, 0.15) is 12.1 Å². The Balaban J connectivity index is 0.000000403. The number of nitrogens with one attached hydrogen (secondary N) is 2. The number of imidazole rings is 2. The molecule has 0 radical (unpaired) electrons. The summed E-state index contributed by atoms with van der Waals surface area (Å²) in [6.07, 6.45) is 6.67. The number of hydrogen-bond acceptors (Lipinski definition) is 6. The van der Waals surface area contributed by atoms with Crippen LogP contribution >= 0.6 is 0 Å². The van der Waals surface area contributed by atoms with Gasteiger partial charge in [0.05, 0.1) is 12.7 Å². The molecular weight excluding hydrogens is 405 g/mol. The summed E-state index contributed by atoms with van der Waals surface area (Å²) in [7, 11) is 0. The van der Waals surface area contributed by atoms with Crippen LogP contribution in [-0.2, 0) is 49.7 Å². The van der Waals surface area contributed by atoms with E-state index in [1.165, 1.54) is 12.7 Å². The van der Waals surface area contributed by atoms with Crippen molar-refractivity contribution in [3.8, 4) is 0 Å². The van der Waals surface area contributed by atoms with E-state index in [1.807, 2.05) is 0 Å². The van der Waals surface area contributed by atoms with Gasteiger partial charge in [-0.3, -0.25) is 9.59 Å². The van der Waals surface area contributed by atoms with E-state index in [0.717, 1.165) is 11.4 Å². The van der Waals surface area contributed by atoms with Gasteiger partial charge >= 0.3 is 11.9 Å². The molecule has 0 unspecified atom stereocenters. The van der Waals surface area contributed by atoms with Gasteiger partial charge in [-0.1, -0.05) is 0 Å². The van der Waals surface area contributed by atoms with Crippen molar-refractivity contribution in [3.63, 3.8) is 0 Å². The van der Waals surface area contributed by atoms with Crippen LogP contribution in [0.25, 0.3) is 0 Å². The monoisotopic (exact) mass is 424 g/mol. The predicted octanol–water partition coefficient (Wildman–Crippen LogP) is -1.27. The summed E-state index contributed by atoms with van der Waals surface area (Å²) in [5.74, 6) is -2.00. The van der Waals surface area contributed by atoms with E-state index in [2.05, 4.69) is 19.9 Å². The van der Waals surface area contributed by atoms with Crippen LogP contribution in [0.1, 0.15) is 11.4 Å². The van der Waals surface area contributed by atoms with Crippen LogP contribution in [0.15, 0.2) is 25.0 Å². The molecule has 0 fully saturated rings. The summed E-state index contributed by atoms with van der Waals surface area (Å²) in [4.78, 5) is 33.5. The fourth-order valence-corrected chi connectivity index (χ4v) is 1.44. The van der Waals surface area contributed by atoms with Gasteiger partial charge in [-0.05, 0) is 0 Å². The van der Waals surface area contributed by atoms with Crippen LogP contribution < -0.4 is 11.5 Å². The Morgan fingerprint density at radius 2 is 1.30 bits per heavy atom. The van der Waals surface area contributed by atoms with Crippen molar-refractivity contribution in [1.29, 1.82) is 0 Å². The number of nitrogens with two attached hydrogens (primary N) is 2. The van der Waals surface area contributed by atoms with E-state index in [-0.39, 0.29) is 40.1 Å². The third-order valence-electron chi connectivity index (χ3n) is 2.62. The largest absolute Gasteiger partial charge is 0.480 e. The number of aliphatic carboxylic acids is 2. The van der Waals surface area contributed by atoms with E-state index >= 15 is 0 Å². The van der Waals surface area contributed by atoms with E-state index in [4.69, 9.17) is 21.7 Å². The molecule has 23 heavy (non-hydrogen) atoms. The quantitative estimate of drug-likeness (QED) is 0.311. The average Bonchev–Trinajstić information content (AvgIpc) is 3.12. The van der Waals surface area contributed by atoms with Gasteiger partial charge in [0.2, 0.25) is 0 Å². The Bertz CT molecular complexity index is 522. The molecular formula is C12H18CdN6O4. The first-order valence-corrected chi connectivity index (χ1v) is 6.31. The van der Waals surface area contributed by atoms with Crippen molar-refractivity contribution in [2.75, 3.05) is 0 Å². The van der Waals surface area contributed by atoms with Crippen LogP contribution in [0.3, 0.4) is 0 Å². The molecule has 0 aliphatic rings. The number of carboxylic acid groups (broad SMARTS) is 2. The first kappa shape index (κ1) is 21.2. The van der Waals surface area contributed by atoms with Crippen molar-refractivity contribution < 1.29 is 47.1 Å². The van der Waals surface area contributed by atoms with Gasteiger partial charge in [0.25, 0.3) is 0 Å². The smallest absolute Gasteiger partial charge is 0.320 e. The number of H-pyrrole nitrogens is 2. The molecule has 0 amide bonds. The number of aromatic nitrogens is 4. The van der Waals surface area contributed by atoms with Gasteiger partial charge in [-0.2, -0.15) is 0 Å². The Labute approximate surface area is 151 Å². The average molecular weight is 423 g/mol. The third-order valence-corrected chi connectivity index (χ3v) is 2.62. The first-order chi connectivity index (χ1) is 10.4. The SMILES string of the molecule is N[C@H](Cc1cnc[nH]1)C(=O)O.N[C@H](Cc1cnc[nH]1)C(=O)O.[Cd]. The topological polar surface area (TPSA) is 184 Å². The molecule has 0 saturated heterocycles. The molecule has 0 spiro atoms. The van der Waals surface area contributed by atoms with Crippen molar-refractivity contribution in [2.45, 2.75) is 24.9 Å². The molecule has 122 valence electrons. The number of hydrogen-bond donors (Lipinski definition) is 6. The number of carboxylic acids is 2. The molecule has 2 rings (SSSR count). The summed E-state index contributed by atoms with van der Waals surface area (Å²) in [5.41, 5.74) is 12.0. The number of nitrogens with zero attached hydrogens (tertiary/aromatic N) is 2. The van der Waals surface area contributed by atoms with Gasteiger partial charge in [-0.25, -0.2) is 9.97 Å². The maximum Gasteiger partial charge on any atom is 0.320 e. The molecule has 0 aliphatic carbocycles. The normalized spacial score (nSPS) is 12.3. The minimum atomic E-state index is -1.00. The van der Waals surface area contributed by atoms with Gasteiger partial charge in [0, 0.05) is 63.9 Å². The number of rotatable bonds is 6. The van der Waals surface area contributed by atoms with Crippen molar-refractivity contribution in [2.24, 2.45) is 11.5 Å². The van der Waals surface area contributed by atoms with Crippen LogP contribution in [0, 0.1) is 0 Å². The van der Waals surface area contributed by atoms with E-state index in [9.17, 15) is 9.59 Å². The van der Waals surface area contributed by atoms with Crippen molar-refractivity contribution in [1.82, 2.24) is 19.9 Å². The molecule has 2 atom stereocenters. The minimum Gasteiger partial charge on any atom is -0.480 e. The van der Waals surface area contributed by atoms with Crippen molar-refractivity contribution in [3.05, 3.63) is 36.4 Å². The van der Waals surface area contributed by atoms with E-state index in [1.54, 1.807) is 12.4 Å². The molecule has 2 heterocycles. The molecule has 2 aromatic rings. The fraction of sp³-hybridized carbons (Fsp3) is 0.333. The Morgan fingerprint density at radius 3 is 1.52 bits per heavy atom. The maximum atomic E-state index is 10.3. The number of aromatic amines is 2. The summed E-state index contributed by atoms with van der Waals surface area (Å²) in [6, 6.07) is -1.70. The summed E-state index contributed by atoms with van der Waals surface area (Å²) in [6.45, 7) is 0. The second-order valence-electron chi connectivity index (χ2n) is 4.45. The second kappa shape index (κ2) is 10.8. The summed E-state index contributed by atoms with van der Waals surface area (Å²) in [5, 5.41) is 16.8. The Morgan fingerprint density at radius 1 is 0.957 bits per heavy atom. The molecule has 2 aromatic heterocycles. The molecule has 8 N–H and O–H groups in total. The zero-order valence-electron chi connectivity index (χ0n) is 12.3.